The summed E-state index contributed by atoms with van der Waals surface area (Å²) in [6, 6.07) is 14.8. The van der Waals surface area contributed by atoms with Crippen LogP contribution in [-0.2, 0) is 11.2 Å². The molecule has 142 valence electrons. The first kappa shape index (κ1) is 19.0. The fourth-order valence-electron chi connectivity index (χ4n) is 3.41. The van der Waals surface area contributed by atoms with Crippen molar-refractivity contribution in [2.45, 2.75) is 19.3 Å². The normalized spacial score (nSPS) is 14.7. The van der Waals surface area contributed by atoms with Gasteiger partial charge in [0.25, 0.3) is 0 Å². The predicted molar refractivity (Wildman–Crippen MR) is 103 cm³/mol. The third-order valence-electron chi connectivity index (χ3n) is 5.11. The summed E-state index contributed by atoms with van der Waals surface area (Å²) in [4.78, 5) is 27.1. The molecule has 0 saturated carbocycles. The number of hydrogen-bond acceptors (Lipinski definition) is 4. The zero-order chi connectivity index (χ0) is 19.2. The second-order valence-electron chi connectivity index (χ2n) is 6.77. The molecule has 0 spiro atoms. The van der Waals surface area contributed by atoms with E-state index in [2.05, 4.69) is 0 Å². The van der Waals surface area contributed by atoms with Crippen LogP contribution in [-0.4, -0.2) is 43.9 Å². The van der Waals surface area contributed by atoms with Gasteiger partial charge in [0, 0.05) is 24.6 Å². The first-order chi connectivity index (χ1) is 13.1. The van der Waals surface area contributed by atoms with E-state index in [0.29, 0.717) is 37.9 Å². The molecule has 0 N–H and O–H groups in total. The van der Waals surface area contributed by atoms with E-state index in [-0.39, 0.29) is 17.6 Å². The Labute approximate surface area is 159 Å². The van der Waals surface area contributed by atoms with E-state index in [1.165, 1.54) is 0 Å². The Bertz CT molecular complexity index is 775. The van der Waals surface area contributed by atoms with Crippen molar-refractivity contribution in [3.05, 3.63) is 59.7 Å². The number of ketones is 1. The molecule has 2 aromatic carbocycles. The van der Waals surface area contributed by atoms with Gasteiger partial charge in [0.15, 0.2) is 5.78 Å². The van der Waals surface area contributed by atoms with Crippen molar-refractivity contribution in [2.24, 2.45) is 5.92 Å². The Balaban J connectivity index is 1.52. The topological polar surface area (TPSA) is 55.8 Å². The van der Waals surface area contributed by atoms with Crippen molar-refractivity contribution in [3.63, 3.8) is 0 Å². The van der Waals surface area contributed by atoms with Crippen LogP contribution in [0, 0.1) is 5.92 Å². The highest BCUT2D eigenvalue weighted by Gasteiger charge is 2.27. The van der Waals surface area contributed by atoms with Crippen molar-refractivity contribution in [1.82, 2.24) is 4.90 Å². The average Bonchev–Trinajstić information content (AvgIpc) is 2.74. The van der Waals surface area contributed by atoms with Crippen LogP contribution in [0.2, 0.25) is 0 Å². The maximum absolute atomic E-state index is 12.7. The molecule has 1 amide bonds. The Kier molecular flexibility index (Phi) is 6.12. The Hall–Kier alpha value is -2.82. The molecule has 3 rings (SSSR count). The SMILES string of the molecule is COc1ccc(CC(=O)N2CCC(C(=O)c3ccc(OC)cc3)CC2)cc1. The number of likely N-dealkylation sites (tertiary alicyclic amines) is 1. The lowest BCUT2D eigenvalue weighted by Crippen LogP contribution is -2.41. The third kappa shape index (κ3) is 4.67. The van der Waals surface area contributed by atoms with Crippen LogP contribution in [0.3, 0.4) is 0 Å². The monoisotopic (exact) mass is 367 g/mol. The molecular formula is C22H25NO4. The average molecular weight is 367 g/mol. The molecule has 5 heteroatoms. The molecule has 2 aromatic rings. The second-order valence-corrected chi connectivity index (χ2v) is 6.77. The van der Waals surface area contributed by atoms with Gasteiger partial charge in [0.05, 0.1) is 20.6 Å². The lowest BCUT2D eigenvalue weighted by atomic mass is 9.88. The highest BCUT2D eigenvalue weighted by Crippen LogP contribution is 2.24. The number of carbonyl (C=O) groups is 2. The largest absolute Gasteiger partial charge is 0.497 e. The molecule has 0 aromatic heterocycles. The van der Waals surface area contributed by atoms with Gasteiger partial charge in [0.1, 0.15) is 11.5 Å². The van der Waals surface area contributed by atoms with Crippen molar-refractivity contribution >= 4 is 11.7 Å². The number of rotatable bonds is 6. The van der Waals surface area contributed by atoms with Gasteiger partial charge in [-0.15, -0.1) is 0 Å². The summed E-state index contributed by atoms with van der Waals surface area (Å²) in [6.07, 6.45) is 1.79. The van der Waals surface area contributed by atoms with E-state index >= 15 is 0 Å². The van der Waals surface area contributed by atoms with Crippen LogP contribution < -0.4 is 9.47 Å². The van der Waals surface area contributed by atoms with Crippen molar-refractivity contribution in [1.29, 1.82) is 0 Å². The summed E-state index contributed by atoms with van der Waals surface area (Å²) in [6.45, 7) is 1.25. The van der Waals surface area contributed by atoms with Crippen LogP contribution in [0.4, 0.5) is 0 Å². The summed E-state index contributed by atoms with van der Waals surface area (Å²) in [5.74, 6) is 1.76. The minimum atomic E-state index is -0.0246. The summed E-state index contributed by atoms with van der Waals surface area (Å²) < 4.78 is 10.3. The quantitative estimate of drug-likeness (QED) is 0.735. The van der Waals surface area contributed by atoms with E-state index in [4.69, 9.17) is 9.47 Å². The van der Waals surface area contributed by atoms with Crippen LogP contribution >= 0.6 is 0 Å². The predicted octanol–water partition coefficient (Wildman–Crippen LogP) is 3.37. The highest BCUT2D eigenvalue weighted by atomic mass is 16.5. The Morgan fingerprint density at radius 1 is 0.889 bits per heavy atom. The zero-order valence-corrected chi connectivity index (χ0v) is 15.8. The first-order valence-electron chi connectivity index (χ1n) is 9.19. The molecule has 0 unspecified atom stereocenters. The molecule has 5 nitrogen and oxygen atoms in total. The number of amides is 1. The van der Waals surface area contributed by atoms with Gasteiger partial charge >= 0.3 is 0 Å². The maximum atomic E-state index is 12.7. The van der Waals surface area contributed by atoms with E-state index in [1.54, 1.807) is 26.4 Å². The number of carbonyl (C=O) groups excluding carboxylic acids is 2. The van der Waals surface area contributed by atoms with Gasteiger partial charge in [0.2, 0.25) is 5.91 Å². The Morgan fingerprint density at radius 2 is 1.41 bits per heavy atom. The molecule has 0 aliphatic carbocycles. The first-order valence-corrected chi connectivity index (χ1v) is 9.19. The number of ether oxygens (including phenoxy) is 2. The minimum Gasteiger partial charge on any atom is -0.497 e. The molecule has 27 heavy (non-hydrogen) atoms. The van der Waals surface area contributed by atoms with Crippen molar-refractivity contribution in [2.75, 3.05) is 27.3 Å². The van der Waals surface area contributed by atoms with E-state index in [1.807, 2.05) is 41.3 Å². The minimum absolute atomic E-state index is 0.0246. The summed E-state index contributed by atoms with van der Waals surface area (Å²) in [5.41, 5.74) is 1.68. The number of nitrogens with zero attached hydrogens (tertiary/aromatic N) is 1. The van der Waals surface area contributed by atoms with E-state index < -0.39 is 0 Å². The second kappa shape index (κ2) is 8.71. The summed E-state index contributed by atoms with van der Waals surface area (Å²) >= 11 is 0. The molecule has 1 saturated heterocycles. The van der Waals surface area contributed by atoms with E-state index in [0.717, 1.165) is 17.1 Å². The molecule has 0 atom stereocenters. The molecule has 1 aliphatic heterocycles. The van der Waals surface area contributed by atoms with Crippen molar-refractivity contribution < 1.29 is 19.1 Å². The lowest BCUT2D eigenvalue weighted by Gasteiger charge is -2.31. The lowest BCUT2D eigenvalue weighted by molar-refractivity contribution is -0.131. The number of piperidine rings is 1. The number of Topliss-reactive ketones (excluding diaryl/α,β-unsaturated/α-hetero) is 1. The molecule has 0 bridgehead atoms. The molecule has 1 heterocycles. The molecule has 1 aliphatic rings. The van der Waals surface area contributed by atoms with Crippen molar-refractivity contribution in [3.8, 4) is 11.5 Å². The smallest absolute Gasteiger partial charge is 0.226 e. The van der Waals surface area contributed by atoms with Gasteiger partial charge in [-0.25, -0.2) is 0 Å². The fourth-order valence-corrected chi connectivity index (χ4v) is 3.41. The molecular weight excluding hydrogens is 342 g/mol. The summed E-state index contributed by atoms with van der Waals surface area (Å²) in [5, 5.41) is 0. The van der Waals surface area contributed by atoms with Crippen LogP contribution in [0.5, 0.6) is 11.5 Å². The van der Waals surface area contributed by atoms with Gasteiger partial charge in [-0.3, -0.25) is 9.59 Å². The number of methoxy groups -OCH3 is 2. The maximum Gasteiger partial charge on any atom is 0.226 e. The van der Waals surface area contributed by atoms with Gasteiger partial charge in [-0.1, -0.05) is 12.1 Å². The third-order valence-corrected chi connectivity index (χ3v) is 5.11. The standard InChI is InChI=1S/C22H25NO4/c1-26-19-7-3-16(4-8-19)15-21(24)23-13-11-18(12-14-23)22(25)17-5-9-20(27-2)10-6-17/h3-10,18H,11-15H2,1-2H3. The van der Waals surface area contributed by atoms with Gasteiger partial charge in [-0.2, -0.15) is 0 Å². The molecule has 0 radical (unpaired) electrons. The van der Waals surface area contributed by atoms with Gasteiger partial charge in [-0.05, 0) is 54.8 Å². The van der Waals surface area contributed by atoms with Crippen LogP contribution in [0.25, 0.3) is 0 Å². The van der Waals surface area contributed by atoms with Crippen LogP contribution in [0.1, 0.15) is 28.8 Å². The Morgan fingerprint density at radius 3 is 1.93 bits per heavy atom. The van der Waals surface area contributed by atoms with Crippen LogP contribution in [0.15, 0.2) is 48.5 Å². The van der Waals surface area contributed by atoms with E-state index in [9.17, 15) is 9.59 Å². The highest BCUT2D eigenvalue weighted by molar-refractivity contribution is 5.98. The zero-order valence-electron chi connectivity index (χ0n) is 15.8. The number of hydrogen-bond donors (Lipinski definition) is 0. The fraction of sp³-hybridized carbons (Fsp3) is 0.364. The summed E-state index contributed by atoms with van der Waals surface area (Å²) in [7, 11) is 3.23. The molecule has 1 fully saturated rings. The van der Waals surface area contributed by atoms with Gasteiger partial charge < -0.3 is 14.4 Å². The number of benzene rings is 2.